The quantitative estimate of drug-likeness (QED) is 0.702. The van der Waals surface area contributed by atoms with Crippen molar-refractivity contribution in [3.8, 4) is 0 Å². The molecule has 1 saturated heterocycles. The minimum Gasteiger partial charge on any atom is -0.393 e. The molecular weight excluding hydrogens is 329 g/mol. The molecule has 0 aromatic heterocycles. The largest absolute Gasteiger partial charge is 0.393 e. The van der Waals surface area contributed by atoms with E-state index in [1.807, 2.05) is 0 Å². The average molecular weight is 368 g/mol. The Morgan fingerprint density at radius 2 is 1.73 bits per heavy atom. The Labute approximate surface area is 158 Å². The van der Waals surface area contributed by atoms with Gasteiger partial charge in [0.05, 0.1) is 12.3 Å². The fraction of sp³-hybridized carbons (Fsp3) is 1.00. The van der Waals surface area contributed by atoms with Gasteiger partial charge in [0.1, 0.15) is 6.17 Å². The molecule has 4 nitrogen and oxygen atoms in total. The zero-order chi connectivity index (χ0) is 18.4. The van der Waals surface area contributed by atoms with Gasteiger partial charge >= 0.3 is 0 Å². The normalized spacial score (nSPS) is 52.4. The summed E-state index contributed by atoms with van der Waals surface area (Å²) in [6, 6.07) is -0.0500. The first-order chi connectivity index (χ1) is 12.5. The summed E-state index contributed by atoms with van der Waals surface area (Å²) in [5.41, 5.74) is 0. The van der Waals surface area contributed by atoms with Gasteiger partial charge in [0.15, 0.2) is 0 Å². The molecule has 1 aliphatic heterocycles. The Morgan fingerprint density at radius 1 is 0.962 bits per heavy atom. The fourth-order valence-corrected chi connectivity index (χ4v) is 7.24. The van der Waals surface area contributed by atoms with Crippen LogP contribution in [0.25, 0.3) is 0 Å². The van der Waals surface area contributed by atoms with Gasteiger partial charge in [0, 0.05) is 18.6 Å². The summed E-state index contributed by atoms with van der Waals surface area (Å²) in [4.78, 5) is 2.21. The molecule has 3 aliphatic carbocycles. The van der Waals surface area contributed by atoms with Crippen LogP contribution in [0.15, 0.2) is 0 Å². The number of nitrogens with one attached hydrogen (secondary N) is 2. The first-order valence-electron chi connectivity index (χ1n) is 10.9. The van der Waals surface area contributed by atoms with Gasteiger partial charge in [0.25, 0.3) is 0 Å². The maximum Gasteiger partial charge on any atom is 0.119 e. The summed E-state index contributed by atoms with van der Waals surface area (Å²) in [7, 11) is 4.18. The Bertz CT molecular complexity index is 490. The molecule has 0 spiro atoms. The van der Waals surface area contributed by atoms with Crippen molar-refractivity contribution in [2.45, 2.75) is 76.4 Å². The van der Waals surface area contributed by atoms with Crippen LogP contribution in [0, 0.1) is 35.5 Å². The van der Waals surface area contributed by atoms with Gasteiger partial charge in [-0.05, 0) is 69.4 Å². The molecule has 26 heavy (non-hydrogen) atoms. The average Bonchev–Trinajstić information content (AvgIpc) is 2.61. The predicted octanol–water partition coefficient (Wildman–Crippen LogP) is 2.58. The number of aliphatic hydroxyl groups is 1. The van der Waals surface area contributed by atoms with E-state index in [9.17, 15) is 5.11 Å². The lowest BCUT2D eigenvalue weighted by molar-refractivity contribution is -0.0913. The third-order valence-corrected chi connectivity index (χ3v) is 8.22. The molecule has 0 bridgehead atoms. The zero-order valence-electron chi connectivity index (χ0n) is 16.7. The lowest BCUT2D eigenvalue weighted by Gasteiger charge is -2.55. The second-order valence-electron chi connectivity index (χ2n) is 9.92. The number of hydrogen-bond acceptors (Lipinski definition) is 4. The van der Waals surface area contributed by atoms with E-state index in [-0.39, 0.29) is 24.2 Å². The monoisotopic (exact) mass is 367 g/mol. The minimum absolute atomic E-state index is 0.0500. The molecule has 3 N–H and O–H groups in total. The van der Waals surface area contributed by atoms with Crippen LogP contribution >= 0.6 is 0 Å². The highest BCUT2D eigenvalue weighted by Gasteiger charge is 2.53. The number of aliphatic hydroxyl groups excluding tert-OH is 1. The van der Waals surface area contributed by atoms with Crippen molar-refractivity contribution in [3.05, 3.63) is 0 Å². The van der Waals surface area contributed by atoms with Gasteiger partial charge < -0.3 is 5.11 Å². The van der Waals surface area contributed by atoms with Crippen LogP contribution < -0.4 is 10.6 Å². The Morgan fingerprint density at radius 3 is 2.50 bits per heavy atom. The van der Waals surface area contributed by atoms with Crippen LogP contribution in [0.3, 0.4) is 0 Å². The van der Waals surface area contributed by atoms with Crippen LogP contribution in [0.2, 0.25) is 0 Å². The highest BCUT2D eigenvalue weighted by molar-refractivity contribution is 5.05. The highest BCUT2D eigenvalue weighted by Crippen LogP contribution is 2.52. The molecule has 10 unspecified atom stereocenters. The van der Waals surface area contributed by atoms with E-state index in [0.717, 1.165) is 19.3 Å². The summed E-state index contributed by atoms with van der Waals surface area (Å²) < 4.78 is 16.0. The summed E-state index contributed by atoms with van der Waals surface area (Å²) in [6.07, 6.45) is 7.17. The summed E-state index contributed by atoms with van der Waals surface area (Å²) >= 11 is 0. The number of alkyl halides is 1. The molecule has 150 valence electrons. The van der Waals surface area contributed by atoms with Crippen molar-refractivity contribution in [1.82, 2.24) is 15.5 Å². The summed E-state index contributed by atoms with van der Waals surface area (Å²) in [6.45, 7) is 2.96. The predicted molar refractivity (Wildman–Crippen MR) is 102 cm³/mol. The second-order valence-corrected chi connectivity index (χ2v) is 9.92. The zero-order valence-corrected chi connectivity index (χ0v) is 16.7. The van der Waals surface area contributed by atoms with Gasteiger partial charge in [0.2, 0.25) is 0 Å². The SMILES string of the molecule is CC1CC2C(NCNC2N(C)C)C(F)C1C1CC(O)CC2CCCCC21. The number of rotatable bonds is 2. The lowest BCUT2D eigenvalue weighted by atomic mass is 9.55. The Kier molecular flexibility index (Phi) is 5.62. The fourth-order valence-electron chi connectivity index (χ4n) is 7.24. The molecule has 0 aromatic carbocycles. The molecule has 5 heteroatoms. The number of hydrogen-bond donors (Lipinski definition) is 3. The number of nitrogens with zero attached hydrogens (tertiary/aromatic N) is 1. The summed E-state index contributed by atoms with van der Waals surface area (Å²) in [5, 5.41) is 17.5. The molecule has 1 heterocycles. The molecule has 4 fully saturated rings. The van der Waals surface area contributed by atoms with Gasteiger partial charge in [-0.2, -0.15) is 0 Å². The van der Waals surface area contributed by atoms with E-state index in [1.54, 1.807) is 0 Å². The molecule has 4 aliphatic rings. The molecule has 3 saturated carbocycles. The second kappa shape index (κ2) is 7.65. The first kappa shape index (κ1) is 19.1. The topological polar surface area (TPSA) is 47.5 Å². The third-order valence-electron chi connectivity index (χ3n) is 8.22. The number of halogens is 1. The van der Waals surface area contributed by atoms with Crippen molar-refractivity contribution < 1.29 is 9.50 Å². The van der Waals surface area contributed by atoms with E-state index in [0.29, 0.717) is 36.3 Å². The van der Waals surface area contributed by atoms with E-state index in [2.05, 4.69) is 36.6 Å². The first-order valence-corrected chi connectivity index (χ1v) is 10.9. The molecular formula is C21H38FN3O. The summed E-state index contributed by atoms with van der Waals surface area (Å²) in [5.74, 6) is 2.43. The van der Waals surface area contributed by atoms with E-state index < -0.39 is 6.17 Å². The molecule has 0 radical (unpaired) electrons. The Hall–Kier alpha value is -0.230. The molecule has 4 rings (SSSR count). The van der Waals surface area contributed by atoms with Gasteiger partial charge in [-0.1, -0.05) is 26.2 Å². The van der Waals surface area contributed by atoms with Crippen molar-refractivity contribution in [1.29, 1.82) is 0 Å². The van der Waals surface area contributed by atoms with E-state index in [1.165, 1.54) is 25.7 Å². The van der Waals surface area contributed by atoms with Crippen LogP contribution in [-0.4, -0.2) is 55.3 Å². The van der Waals surface area contributed by atoms with Crippen LogP contribution in [0.1, 0.15) is 51.9 Å². The van der Waals surface area contributed by atoms with Gasteiger partial charge in [-0.15, -0.1) is 0 Å². The van der Waals surface area contributed by atoms with E-state index in [4.69, 9.17) is 0 Å². The molecule has 0 aromatic rings. The maximum atomic E-state index is 16.0. The van der Waals surface area contributed by atoms with Gasteiger partial charge in [-0.3, -0.25) is 15.5 Å². The van der Waals surface area contributed by atoms with Crippen molar-refractivity contribution in [2.24, 2.45) is 35.5 Å². The van der Waals surface area contributed by atoms with Crippen LogP contribution in [0.5, 0.6) is 0 Å². The van der Waals surface area contributed by atoms with Crippen LogP contribution in [0.4, 0.5) is 4.39 Å². The van der Waals surface area contributed by atoms with Gasteiger partial charge in [-0.25, -0.2) is 4.39 Å². The minimum atomic E-state index is -0.800. The van der Waals surface area contributed by atoms with Crippen LogP contribution in [-0.2, 0) is 0 Å². The molecule has 0 amide bonds. The maximum absolute atomic E-state index is 16.0. The smallest absolute Gasteiger partial charge is 0.119 e. The van der Waals surface area contributed by atoms with E-state index >= 15 is 4.39 Å². The lowest BCUT2D eigenvalue weighted by Crippen LogP contribution is -2.68. The number of fused-ring (bicyclic) bond motifs is 2. The molecule has 10 atom stereocenters. The van der Waals surface area contributed by atoms with Crippen molar-refractivity contribution in [2.75, 3.05) is 20.8 Å². The standard InChI is InChI=1S/C21H38FN3O/c1-12-8-17-20(23-11-24-21(17)25(2)3)19(22)18(12)16-10-14(26)9-13-6-4-5-7-15(13)16/h12-21,23-24,26H,4-11H2,1-3H3. The third kappa shape index (κ3) is 3.34. The Balaban J connectivity index is 1.56. The van der Waals surface area contributed by atoms with Crippen molar-refractivity contribution >= 4 is 0 Å². The van der Waals surface area contributed by atoms with Crippen molar-refractivity contribution in [3.63, 3.8) is 0 Å². The highest BCUT2D eigenvalue weighted by atomic mass is 19.1.